The van der Waals surface area contributed by atoms with Crippen LogP contribution in [0.25, 0.3) is 10.9 Å². The third kappa shape index (κ3) is 3.82. The van der Waals surface area contributed by atoms with Gasteiger partial charge in [0, 0.05) is 60.3 Å². The molecule has 0 aliphatic carbocycles. The molecule has 7 aliphatic rings. The molecule has 3 aromatic rings. The third-order valence-electron chi connectivity index (χ3n) is 15.4. The van der Waals surface area contributed by atoms with Gasteiger partial charge in [-0.15, -0.1) is 0 Å². The number of aromatic amines is 1. The number of carbonyl (C=O) groups is 3. The average molecular weight is 751 g/mol. The van der Waals surface area contributed by atoms with Crippen LogP contribution in [0.5, 0.6) is 5.75 Å². The second-order valence-corrected chi connectivity index (χ2v) is 17.5. The minimum atomic E-state index is -1.42. The Kier molecular flexibility index (Phi) is 7.10. The summed E-state index contributed by atoms with van der Waals surface area (Å²) >= 11 is 0. The number of nitrogens with zero attached hydrogens (tertiary/aromatic N) is 3. The molecule has 0 saturated carbocycles. The average Bonchev–Trinajstić information content (AvgIpc) is 3.94. The van der Waals surface area contributed by atoms with Crippen LogP contribution in [0.1, 0.15) is 69.2 Å². The number of hydrogen-bond donors (Lipinski definition) is 2. The van der Waals surface area contributed by atoms with Gasteiger partial charge in [0.15, 0.2) is 11.3 Å². The Balaban J connectivity index is 1.28. The van der Waals surface area contributed by atoms with Crippen LogP contribution in [-0.2, 0) is 45.8 Å². The molecular weight excluding hydrogens is 700 g/mol. The number of aliphatic hydroxyl groups is 1. The molecule has 2 aromatic carbocycles. The molecule has 4 fully saturated rings. The first-order valence-electron chi connectivity index (χ1n) is 19.7. The number of methoxy groups -OCH3 is 3. The first-order valence-corrected chi connectivity index (χ1v) is 19.7. The summed E-state index contributed by atoms with van der Waals surface area (Å²) in [5.41, 5.74) is -2.42. The number of ether oxygens (including phenoxy) is 4. The summed E-state index contributed by atoms with van der Waals surface area (Å²) in [7, 11) is 6.45. The highest BCUT2D eigenvalue weighted by molar-refractivity contribution is 5.97. The summed E-state index contributed by atoms with van der Waals surface area (Å²) < 4.78 is 24.7. The van der Waals surface area contributed by atoms with E-state index in [9.17, 15) is 9.90 Å². The van der Waals surface area contributed by atoms with Crippen molar-refractivity contribution in [1.82, 2.24) is 14.8 Å². The predicted octanol–water partition coefficient (Wildman–Crippen LogP) is 4.32. The fraction of sp³-hybridized carbons (Fsp3) is 0.558. The fourth-order valence-corrected chi connectivity index (χ4v) is 13.4. The van der Waals surface area contributed by atoms with Gasteiger partial charge in [0.25, 0.3) is 0 Å². The van der Waals surface area contributed by atoms with Crippen LogP contribution in [-0.4, -0.2) is 108 Å². The first kappa shape index (κ1) is 35.1. The quantitative estimate of drug-likeness (QED) is 0.364. The SMILES string of the molecule is CCC1(O)CCC2CN1CCc1c([nH]c3ccccc13)[C@@](C(=O)OC)(C1CC34c5ccc(OC)cc5N(C)[C@H]3[C@@]3(C(=O)OC)C[C@]5(C)C=CC(=O)N1[C@@]45O3)C2. The summed E-state index contributed by atoms with van der Waals surface area (Å²) in [6.45, 7) is 5.34. The van der Waals surface area contributed by atoms with E-state index in [1.165, 1.54) is 14.2 Å². The lowest BCUT2D eigenvalue weighted by Gasteiger charge is -2.55. The molecule has 12 heteroatoms. The van der Waals surface area contributed by atoms with Crippen molar-refractivity contribution in [3.63, 3.8) is 0 Å². The zero-order valence-electron chi connectivity index (χ0n) is 32.4. The third-order valence-corrected chi connectivity index (χ3v) is 15.4. The van der Waals surface area contributed by atoms with E-state index in [0.29, 0.717) is 57.4 Å². The van der Waals surface area contributed by atoms with Gasteiger partial charge < -0.3 is 38.8 Å². The maximum Gasteiger partial charge on any atom is 0.340 e. The number of esters is 2. The summed E-state index contributed by atoms with van der Waals surface area (Å²) in [5.74, 6) is -0.488. The van der Waals surface area contributed by atoms with Crippen LogP contribution < -0.4 is 9.64 Å². The standard InChI is InChI=1S/C43H50N4O8/c1-7-39(51)18-14-25-21-40(36(49)53-5,34-28(16-19-46(39)23-25)27-10-8-9-11-30(27)44-34)32-22-41-29-13-12-26(52-4)20-31(29)45(3)35(41)42(37(50)54-6)24-38(2)17-15-33(48)47(32)43(38,41)55-42/h8-13,15,17,20,25,32,35,44,51H,7,14,16,18-19,21-24H2,1-6H3/t25?,32?,35-,38+,39?,40+,41?,42-,43+/m1/s1. The largest absolute Gasteiger partial charge is 0.497 e. The van der Waals surface area contributed by atoms with Crippen molar-refractivity contribution in [3.8, 4) is 5.75 Å². The topological polar surface area (TPSA) is 134 Å². The van der Waals surface area contributed by atoms with Crippen LogP contribution in [0.2, 0.25) is 0 Å². The van der Waals surface area contributed by atoms with E-state index < -0.39 is 57.3 Å². The van der Waals surface area contributed by atoms with Gasteiger partial charge in [-0.1, -0.05) is 44.2 Å². The number of amides is 1. The van der Waals surface area contributed by atoms with Gasteiger partial charge in [-0.05, 0) is 73.8 Å². The summed E-state index contributed by atoms with van der Waals surface area (Å²) in [6, 6.07) is 12.8. The van der Waals surface area contributed by atoms with E-state index in [2.05, 4.69) is 33.8 Å². The van der Waals surface area contributed by atoms with Crippen molar-refractivity contribution in [2.75, 3.05) is 46.4 Å². The van der Waals surface area contributed by atoms with Crippen molar-refractivity contribution in [1.29, 1.82) is 0 Å². The number of para-hydroxylation sites is 1. The first-order chi connectivity index (χ1) is 26.3. The Labute approximate surface area is 320 Å². The maximum atomic E-state index is 15.4. The number of benzene rings is 2. The van der Waals surface area contributed by atoms with Crippen molar-refractivity contribution in [3.05, 3.63) is 71.4 Å². The highest BCUT2D eigenvalue weighted by Gasteiger charge is 2.93. The Morgan fingerprint density at radius 3 is 2.60 bits per heavy atom. The molecule has 8 heterocycles. The van der Waals surface area contributed by atoms with Crippen LogP contribution in [0.3, 0.4) is 0 Å². The molecule has 1 aromatic heterocycles. The van der Waals surface area contributed by atoms with Gasteiger partial charge >= 0.3 is 11.9 Å². The number of H-pyrrole nitrogens is 1. The van der Waals surface area contributed by atoms with E-state index in [1.807, 2.05) is 55.3 Å². The molecule has 0 radical (unpaired) electrons. The molecule has 2 spiro atoms. The number of fused-ring (bicyclic) bond motifs is 8. The molecule has 4 bridgehead atoms. The second-order valence-electron chi connectivity index (χ2n) is 17.5. The number of rotatable bonds is 5. The summed E-state index contributed by atoms with van der Waals surface area (Å²) in [6.07, 6.45) is 7.01. The number of nitrogens with one attached hydrogen (secondary N) is 1. The van der Waals surface area contributed by atoms with Gasteiger partial charge in [-0.3, -0.25) is 14.5 Å². The lowest BCUT2D eigenvalue weighted by atomic mass is 9.51. The van der Waals surface area contributed by atoms with E-state index in [1.54, 1.807) is 13.2 Å². The highest BCUT2D eigenvalue weighted by atomic mass is 16.6. The molecule has 10 atom stereocenters. The van der Waals surface area contributed by atoms with Gasteiger partial charge in [0.05, 0.1) is 38.8 Å². The minimum Gasteiger partial charge on any atom is -0.497 e. The Bertz CT molecular complexity index is 2220. The van der Waals surface area contributed by atoms with Crippen molar-refractivity contribution in [2.45, 2.75) is 98.8 Å². The summed E-state index contributed by atoms with van der Waals surface area (Å²) in [5, 5.41) is 12.9. The second kappa shape index (κ2) is 11.1. The zero-order chi connectivity index (χ0) is 38.5. The number of carbonyl (C=O) groups excluding carboxylic acids is 3. The molecule has 10 rings (SSSR count). The highest BCUT2D eigenvalue weighted by Crippen LogP contribution is 2.80. The van der Waals surface area contributed by atoms with Crippen LogP contribution >= 0.6 is 0 Å². The Hall–Kier alpha value is -4.39. The fourth-order valence-electron chi connectivity index (χ4n) is 13.4. The van der Waals surface area contributed by atoms with Crippen molar-refractivity contribution in [2.24, 2.45) is 11.3 Å². The van der Waals surface area contributed by atoms with Gasteiger partial charge in [-0.2, -0.15) is 0 Å². The smallest absolute Gasteiger partial charge is 0.340 e. The lowest BCUT2D eigenvalue weighted by Crippen LogP contribution is -2.70. The molecule has 1 amide bonds. The molecule has 290 valence electrons. The number of aromatic nitrogens is 1. The lowest BCUT2D eigenvalue weighted by molar-refractivity contribution is -0.203. The normalized spacial score (nSPS) is 40.5. The summed E-state index contributed by atoms with van der Waals surface area (Å²) in [4.78, 5) is 54.8. The van der Waals surface area contributed by atoms with Crippen LogP contribution in [0.4, 0.5) is 5.69 Å². The molecule has 55 heavy (non-hydrogen) atoms. The van der Waals surface area contributed by atoms with E-state index in [4.69, 9.17) is 18.9 Å². The molecular formula is C43H50N4O8. The Morgan fingerprint density at radius 1 is 1.07 bits per heavy atom. The van der Waals surface area contributed by atoms with Crippen LogP contribution in [0, 0.1) is 11.3 Å². The Morgan fingerprint density at radius 2 is 1.85 bits per heavy atom. The van der Waals surface area contributed by atoms with Gasteiger partial charge in [-0.25, -0.2) is 4.79 Å². The maximum absolute atomic E-state index is 15.4. The van der Waals surface area contributed by atoms with E-state index in [-0.39, 0.29) is 18.2 Å². The molecule has 4 saturated heterocycles. The number of hydrogen-bond acceptors (Lipinski definition) is 10. The van der Waals surface area contributed by atoms with Gasteiger partial charge in [0.2, 0.25) is 5.91 Å². The number of anilines is 1. The minimum absolute atomic E-state index is 0.00204. The van der Waals surface area contributed by atoms with Gasteiger partial charge in [0.1, 0.15) is 16.9 Å². The zero-order valence-corrected chi connectivity index (χ0v) is 32.4. The molecule has 5 unspecified atom stereocenters. The van der Waals surface area contributed by atoms with Crippen molar-refractivity contribution >= 4 is 34.4 Å². The number of likely N-dealkylation sites (N-methyl/N-ethyl adjacent to an activating group) is 1. The van der Waals surface area contributed by atoms with Crippen LogP contribution in [0.15, 0.2) is 54.6 Å². The predicted molar refractivity (Wildman–Crippen MR) is 202 cm³/mol. The number of piperidine rings is 1. The van der Waals surface area contributed by atoms with E-state index >= 15 is 9.59 Å². The van der Waals surface area contributed by atoms with Crippen molar-refractivity contribution < 1.29 is 38.4 Å². The molecule has 7 aliphatic heterocycles. The monoisotopic (exact) mass is 750 g/mol. The molecule has 12 nitrogen and oxygen atoms in total. The van der Waals surface area contributed by atoms with E-state index in [0.717, 1.165) is 33.4 Å². The molecule has 2 N–H and O–H groups in total.